The van der Waals surface area contributed by atoms with Crippen molar-refractivity contribution in [1.29, 1.82) is 0 Å². The second-order valence-electron chi connectivity index (χ2n) is 13.1. The maximum Gasteiger partial charge on any atom is 0.586 e. The van der Waals surface area contributed by atoms with E-state index < -0.39 is 35.9 Å². The molecule has 6 heterocycles. The minimum atomic E-state index is -4.02. The van der Waals surface area contributed by atoms with Gasteiger partial charge < -0.3 is 44.0 Å². The molecule has 18 heteroatoms. The predicted molar refractivity (Wildman–Crippen MR) is 177 cm³/mol. The Hall–Kier alpha value is -5.07. The molecule has 1 aromatic heterocycles. The Labute approximate surface area is 296 Å². The number of carbonyl (C=O) groups excluding carboxylic acids is 2. The van der Waals surface area contributed by atoms with Gasteiger partial charge in [0.25, 0.3) is 11.8 Å². The zero-order chi connectivity index (χ0) is 36.1. The molecule has 13 nitrogen and oxygen atoms in total. The van der Waals surface area contributed by atoms with E-state index in [0.717, 1.165) is 55.7 Å². The monoisotopic (exact) mass is 743 g/mol. The molecule has 272 valence electrons. The lowest BCUT2D eigenvalue weighted by Crippen LogP contribution is -2.71. The second kappa shape index (κ2) is 11.7. The summed E-state index contributed by atoms with van der Waals surface area (Å²) in [5.74, 6) is -2.85. The average Bonchev–Trinajstić information content (AvgIpc) is 3.72. The van der Waals surface area contributed by atoms with Crippen LogP contribution in [-0.4, -0.2) is 85.8 Å². The summed E-state index contributed by atoms with van der Waals surface area (Å²) in [5, 5.41) is 5.93. The van der Waals surface area contributed by atoms with E-state index in [-0.39, 0.29) is 51.8 Å². The van der Waals surface area contributed by atoms with Crippen molar-refractivity contribution in [1.82, 2.24) is 9.88 Å². The molecule has 10 rings (SSSR count). The number of aromatic nitrogens is 1. The first-order valence-corrected chi connectivity index (χ1v) is 17.2. The van der Waals surface area contributed by atoms with Crippen LogP contribution in [0.15, 0.2) is 42.5 Å². The van der Waals surface area contributed by atoms with Crippen LogP contribution < -0.4 is 39.2 Å². The number of alkyl halides is 4. The number of piperidine rings is 1. The standard InChI is InChI=1S/C34H29F4N5O8S/c1-46-19-9-16(10-19)42-13-17-8-18(14-42)43(17)32-41-21-4-6-24(47-2)28(29(21)52-32)31(45)40-22-12-27-26(50-34(37,38)51-27)11-20(22)30(44)39-15-3-5-23-25(7-15)49-33(35,36)48-23/h3-7,11-12,16-19H,8-10,13-14H2,1-2H3,(H,39,44)(H,40,45). The van der Waals surface area contributed by atoms with E-state index in [1.165, 1.54) is 30.6 Å². The molecule has 0 spiro atoms. The molecule has 1 aliphatic carbocycles. The number of nitrogens with zero attached hydrogens (tertiary/aromatic N) is 3. The number of hydrogen-bond acceptors (Lipinski definition) is 12. The van der Waals surface area contributed by atoms with Gasteiger partial charge in [-0.2, -0.15) is 0 Å². The minimum Gasteiger partial charge on any atom is -0.496 e. The molecule has 2 N–H and O–H groups in total. The van der Waals surface area contributed by atoms with Gasteiger partial charge in [0.1, 0.15) is 11.3 Å². The van der Waals surface area contributed by atoms with Crippen LogP contribution in [0, 0.1) is 0 Å². The van der Waals surface area contributed by atoms with Crippen molar-refractivity contribution in [3.63, 3.8) is 0 Å². The molecule has 4 aromatic rings. The Morgan fingerprint density at radius 2 is 1.50 bits per heavy atom. The van der Waals surface area contributed by atoms with Gasteiger partial charge in [0.05, 0.1) is 34.7 Å². The maximum atomic E-state index is 14.1. The van der Waals surface area contributed by atoms with Crippen LogP contribution in [-0.2, 0) is 4.74 Å². The van der Waals surface area contributed by atoms with Crippen molar-refractivity contribution in [3.8, 4) is 28.7 Å². The van der Waals surface area contributed by atoms with Crippen LogP contribution in [0.3, 0.4) is 0 Å². The van der Waals surface area contributed by atoms with Crippen molar-refractivity contribution in [2.75, 3.05) is 42.8 Å². The topological polar surface area (TPSA) is 133 Å². The molecule has 6 aliphatic rings. The van der Waals surface area contributed by atoms with Gasteiger partial charge in [-0.25, -0.2) is 4.98 Å². The van der Waals surface area contributed by atoms with Gasteiger partial charge in [-0.15, -0.1) is 17.6 Å². The Morgan fingerprint density at radius 3 is 2.19 bits per heavy atom. The zero-order valence-electron chi connectivity index (χ0n) is 27.4. The number of rotatable bonds is 8. The number of piperazine rings is 1. The number of ether oxygens (including phenoxy) is 6. The first kappa shape index (κ1) is 32.8. The summed E-state index contributed by atoms with van der Waals surface area (Å²) in [5.41, 5.74) is 0.199. The highest BCUT2D eigenvalue weighted by Crippen LogP contribution is 2.47. The smallest absolute Gasteiger partial charge is 0.496 e. The van der Waals surface area contributed by atoms with Crippen molar-refractivity contribution in [2.45, 2.75) is 56.1 Å². The lowest BCUT2D eigenvalue weighted by Gasteiger charge is -2.59. The molecule has 5 aliphatic heterocycles. The summed E-state index contributed by atoms with van der Waals surface area (Å²) in [4.78, 5) is 37.4. The van der Waals surface area contributed by atoms with Crippen LogP contribution in [0.4, 0.5) is 34.1 Å². The van der Waals surface area contributed by atoms with E-state index in [2.05, 4.69) is 39.4 Å². The van der Waals surface area contributed by atoms with Gasteiger partial charge in [-0.3, -0.25) is 14.5 Å². The van der Waals surface area contributed by atoms with Crippen molar-refractivity contribution in [3.05, 3.63) is 53.6 Å². The zero-order valence-corrected chi connectivity index (χ0v) is 28.2. The molecule has 2 amide bonds. The van der Waals surface area contributed by atoms with E-state index in [1.807, 2.05) is 0 Å². The number of fused-ring (bicyclic) bond motifs is 5. The van der Waals surface area contributed by atoms with Gasteiger partial charge in [0.15, 0.2) is 28.1 Å². The third kappa shape index (κ3) is 5.56. The van der Waals surface area contributed by atoms with Crippen molar-refractivity contribution in [2.24, 2.45) is 0 Å². The summed E-state index contributed by atoms with van der Waals surface area (Å²) in [6, 6.07) is 10.0. The number of amides is 2. The largest absolute Gasteiger partial charge is 0.586 e. The SMILES string of the molecule is COc1ccc2nc(N3C4CC3CN(C3CC(OC)C3)C4)sc2c1C(=O)Nc1cc2c(cc1C(=O)Nc1ccc3c(c1)OC(F)(F)O3)OC(F)(F)O2. The Bertz CT molecular complexity index is 2130. The summed E-state index contributed by atoms with van der Waals surface area (Å²) < 4.78 is 84.9. The number of carbonyl (C=O) groups is 2. The number of hydrogen-bond donors (Lipinski definition) is 2. The summed E-state index contributed by atoms with van der Waals surface area (Å²) >= 11 is 1.34. The lowest BCUT2D eigenvalue weighted by atomic mass is 9.82. The van der Waals surface area contributed by atoms with Crippen LogP contribution in [0.25, 0.3) is 10.2 Å². The molecule has 1 saturated carbocycles. The molecule has 2 unspecified atom stereocenters. The molecular weight excluding hydrogens is 714 g/mol. The summed E-state index contributed by atoms with van der Waals surface area (Å²) in [6.45, 7) is 1.83. The van der Waals surface area contributed by atoms with E-state index in [9.17, 15) is 27.2 Å². The fourth-order valence-corrected chi connectivity index (χ4v) is 8.68. The average molecular weight is 744 g/mol. The van der Waals surface area contributed by atoms with Gasteiger partial charge in [-0.05, 0) is 49.6 Å². The highest BCUT2D eigenvalue weighted by Gasteiger charge is 2.50. The third-order valence-electron chi connectivity index (χ3n) is 10.0. The normalized spacial score (nSPS) is 24.6. The van der Waals surface area contributed by atoms with Gasteiger partial charge in [0.2, 0.25) is 0 Å². The van der Waals surface area contributed by atoms with Crippen LogP contribution in [0.1, 0.15) is 40.0 Å². The number of halogens is 4. The maximum absolute atomic E-state index is 14.1. The number of thiazole rings is 1. The number of anilines is 3. The Kier molecular flexibility index (Phi) is 7.40. The van der Waals surface area contributed by atoms with E-state index in [0.29, 0.717) is 22.4 Å². The fourth-order valence-electron chi connectivity index (χ4n) is 7.44. The molecular formula is C34H29F4N5O8S. The molecule has 3 aromatic carbocycles. The second-order valence-corrected chi connectivity index (χ2v) is 14.1. The van der Waals surface area contributed by atoms with Crippen molar-refractivity contribution >= 4 is 49.9 Å². The highest BCUT2D eigenvalue weighted by atomic mass is 32.1. The third-order valence-corrected chi connectivity index (χ3v) is 11.1. The van der Waals surface area contributed by atoms with Crippen molar-refractivity contribution < 1.29 is 55.6 Å². The first-order chi connectivity index (χ1) is 24.9. The molecule has 3 saturated heterocycles. The molecule has 4 fully saturated rings. The first-order valence-electron chi connectivity index (χ1n) is 16.4. The van der Waals surface area contributed by atoms with Crippen LogP contribution in [0.5, 0.6) is 28.7 Å². The van der Waals surface area contributed by atoms with Gasteiger partial charge in [-0.1, -0.05) is 11.3 Å². The van der Waals surface area contributed by atoms with E-state index in [4.69, 9.17) is 14.5 Å². The lowest BCUT2D eigenvalue weighted by molar-refractivity contribution is -0.287. The molecule has 52 heavy (non-hydrogen) atoms. The van der Waals surface area contributed by atoms with Crippen LogP contribution in [0.2, 0.25) is 0 Å². The van der Waals surface area contributed by atoms with E-state index in [1.54, 1.807) is 19.2 Å². The highest BCUT2D eigenvalue weighted by molar-refractivity contribution is 7.22. The minimum absolute atomic E-state index is 0.0136. The van der Waals surface area contributed by atoms with Gasteiger partial charge in [0, 0.05) is 56.1 Å². The van der Waals surface area contributed by atoms with Gasteiger partial charge >= 0.3 is 12.6 Å². The summed E-state index contributed by atoms with van der Waals surface area (Å²) in [7, 11) is 3.16. The number of nitrogens with one attached hydrogen (secondary N) is 2. The molecule has 0 radical (unpaired) electrons. The number of methoxy groups -OCH3 is 2. The number of benzene rings is 3. The van der Waals surface area contributed by atoms with Crippen LogP contribution >= 0.6 is 11.3 Å². The fraction of sp³-hybridized carbons (Fsp3) is 0.382. The quantitative estimate of drug-likeness (QED) is 0.209. The molecule has 2 atom stereocenters. The summed E-state index contributed by atoms with van der Waals surface area (Å²) in [6.07, 6.45) is -4.47. The Morgan fingerprint density at radius 1 is 0.827 bits per heavy atom. The van der Waals surface area contributed by atoms with E-state index >= 15 is 0 Å². The molecule has 2 bridgehead atoms. The Balaban J connectivity index is 1.000. The predicted octanol–water partition coefficient (Wildman–Crippen LogP) is 5.89.